The molecule has 1 fully saturated rings. The summed E-state index contributed by atoms with van der Waals surface area (Å²) in [5, 5.41) is 4.55. The van der Waals surface area contributed by atoms with Crippen molar-refractivity contribution < 1.29 is 13.9 Å². The summed E-state index contributed by atoms with van der Waals surface area (Å²) in [6.07, 6.45) is 0.129. The molecule has 2 aromatic rings. The number of furan rings is 1. The molecule has 2 heterocycles. The fourth-order valence-electron chi connectivity index (χ4n) is 2.31. The number of rotatable bonds is 4. The monoisotopic (exact) mass is 339 g/mol. The molecule has 4 nitrogen and oxygen atoms in total. The van der Waals surface area contributed by atoms with E-state index in [2.05, 4.69) is 40.3 Å². The van der Waals surface area contributed by atoms with Gasteiger partial charge in [-0.2, -0.15) is 0 Å². The van der Waals surface area contributed by atoms with Crippen molar-refractivity contribution in [1.82, 2.24) is 5.32 Å². The van der Waals surface area contributed by atoms with E-state index in [9.17, 15) is 0 Å². The van der Waals surface area contributed by atoms with Crippen molar-refractivity contribution in [3.63, 3.8) is 0 Å². The van der Waals surface area contributed by atoms with E-state index in [0.29, 0.717) is 19.8 Å². The molecule has 1 aliphatic rings. The molecule has 108 valence electrons. The van der Waals surface area contributed by atoms with E-state index < -0.39 is 0 Å². The van der Waals surface area contributed by atoms with Crippen LogP contribution in [0.15, 0.2) is 33.2 Å². The number of benzene rings is 1. The van der Waals surface area contributed by atoms with Gasteiger partial charge in [-0.25, -0.2) is 0 Å². The Bertz CT molecular complexity index is 578. The number of hydrogen-bond donors (Lipinski definition) is 1. The highest BCUT2D eigenvalue weighted by atomic mass is 79.9. The molecular formula is C15H18BrNO3. The van der Waals surface area contributed by atoms with Gasteiger partial charge in [0, 0.05) is 16.4 Å². The maximum atomic E-state index is 5.87. The third-order valence-electron chi connectivity index (χ3n) is 3.46. The average Bonchev–Trinajstić information content (AvgIpc) is 2.89. The first-order valence-corrected chi connectivity index (χ1v) is 7.63. The van der Waals surface area contributed by atoms with Crippen LogP contribution in [0.5, 0.6) is 0 Å². The Kier molecular flexibility index (Phi) is 4.41. The van der Waals surface area contributed by atoms with Crippen LogP contribution < -0.4 is 5.32 Å². The van der Waals surface area contributed by atoms with Crippen molar-refractivity contribution >= 4 is 26.9 Å². The van der Waals surface area contributed by atoms with Crippen LogP contribution >= 0.6 is 15.9 Å². The van der Waals surface area contributed by atoms with E-state index in [1.807, 2.05) is 12.1 Å². The average molecular weight is 340 g/mol. The second-order valence-corrected chi connectivity index (χ2v) is 5.94. The third-order valence-corrected chi connectivity index (χ3v) is 3.95. The molecule has 1 aromatic heterocycles. The Morgan fingerprint density at radius 2 is 2.25 bits per heavy atom. The van der Waals surface area contributed by atoms with Crippen LogP contribution in [0.25, 0.3) is 11.0 Å². The highest BCUT2D eigenvalue weighted by Gasteiger charge is 2.17. The van der Waals surface area contributed by atoms with Gasteiger partial charge in [0.05, 0.1) is 32.0 Å². The molecule has 0 bridgehead atoms. The minimum atomic E-state index is 0.129. The predicted molar refractivity (Wildman–Crippen MR) is 80.9 cm³/mol. The van der Waals surface area contributed by atoms with Crippen LogP contribution in [-0.4, -0.2) is 32.5 Å². The summed E-state index contributed by atoms with van der Waals surface area (Å²) in [6.45, 7) is 4.90. The van der Waals surface area contributed by atoms with Gasteiger partial charge in [0.25, 0.3) is 0 Å². The van der Waals surface area contributed by atoms with Crippen LogP contribution in [0.4, 0.5) is 0 Å². The van der Waals surface area contributed by atoms with Crippen LogP contribution in [0.2, 0.25) is 0 Å². The van der Waals surface area contributed by atoms with E-state index in [0.717, 1.165) is 27.7 Å². The molecule has 0 saturated carbocycles. The Morgan fingerprint density at radius 1 is 1.35 bits per heavy atom. The molecular weight excluding hydrogens is 322 g/mol. The standard InChI is InChI=1S/C15H18BrNO3/c1-10(17-8-13-9-18-4-5-19-13)15-7-11-6-12(16)2-3-14(11)20-15/h2-3,6-7,10,13,17H,4-5,8-9H2,1H3. The molecule has 0 aliphatic carbocycles. The Balaban J connectivity index is 1.64. The lowest BCUT2D eigenvalue weighted by molar-refractivity contribution is -0.0870. The zero-order valence-electron chi connectivity index (χ0n) is 11.4. The highest BCUT2D eigenvalue weighted by Crippen LogP contribution is 2.26. The maximum Gasteiger partial charge on any atom is 0.134 e. The van der Waals surface area contributed by atoms with Crippen molar-refractivity contribution in [3.05, 3.63) is 34.5 Å². The second kappa shape index (κ2) is 6.26. The number of fused-ring (bicyclic) bond motifs is 1. The lowest BCUT2D eigenvalue weighted by Gasteiger charge is -2.24. The molecule has 3 rings (SSSR count). The molecule has 1 N–H and O–H groups in total. The fraction of sp³-hybridized carbons (Fsp3) is 0.467. The summed E-state index contributed by atoms with van der Waals surface area (Å²) in [5.74, 6) is 0.940. The summed E-state index contributed by atoms with van der Waals surface area (Å²) in [7, 11) is 0. The molecule has 1 aromatic carbocycles. The molecule has 2 atom stereocenters. The van der Waals surface area contributed by atoms with Gasteiger partial charge < -0.3 is 19.2 Å². The number of nitrogens with one attached hydrogen (secondary N) is 1. The normalized spacial score (nSPS) is 21.2. The van der Waals surface area contributed by atoms with Crippen LogP contribution in [0.3, 0.4) is 0 Å². The minimum absolute atomic E-state index is 0.129. The van der Waals surface area contributed by atoms with Gasteiger partial charge in [0.1, 0.15) is 11.3 Å². The first kappa shape index (κ1) is 14.1. The highest BCUT2D eigenvalue weighted by molar-refractivity contribution is 9.10. The van der Waals surface area contributed by atoms with Gasteiger partial charge in [0.15, 0.2) is 0 Å². The second-order valence-electron chi connectivity index (χ2n) is 5.03. The molecule has 1 aliphatic heterocycles. The van der Waals surface area contributed by atoms with Crippen molar-refractivity contribution in [2.45, 2.75) is 19.1 Å². The van der Waals surface area contributed by atoms with Crippen molar-refractivity contribution in [1.29, 1.82) is 0 Å². The molecule has 0 spiro atoms. The first-order chi connectivity index (χ1) is 9.72. The fourth-order valence-corrected chi connectivity index (χ4v) is 2.69. The molecule has 2 unspecified atom stereocenters. The molecule has 20 heavy (non-hydrogen) atoms. The summed E-state index contributed by atoms with van der Waals surface area (Å²) >= 11 is 3.47. The van der Waals surface area contributed by atoms with Gasteiger partial charge in [-0.1, -0.05) is 15.9 Å². The molecule has 5 heteroatoms. The summed E-state index contributed by atoms with van der Waals surface area (Å²) in [4.78, 5) is 0. The Morgan fingerprint density at radius 3 is 3.05 bits per heavy atom. The minimum Gasteiger partial charge on any atom is -0.459 e. The van der Waals surface area contributed by atoms with Crippen LogP contribution in [0.1, 0.15) is 18.7 Å². The van der Waals surface area contributed by atoms with Gasteiger partial charge in [-0.3, -0.25) is 0 Å². The largest absolute Gasteiger partial charge is 0.459 e. The Labute approximate surface area is 126 Å². The van der Waals surface area contributed by atoms with Gasteiger partial charge in [0.2, 0.25) is 0 Å². The number of halogens is 1. The van der Waals surface area contributed by atoms with Gasteiger partial charge in [-0.05, 0) is 31.2 Å². The molecule has 1 saturated heterocycles. The van der Waals surface area contributed by atoms with E-state index in [1.165, 1.54) is 0 Å². The van der Waals surface area contributed by atoms with Crippen molar-refractivity contribution in [3.8, 4) is 0 Å². The first-order valence-electron chi connectivity index (χ1n) is 6.84. The van der Waals surface area contributed by atoms with Gasteiger partial charge >= 0.3 is 0 Å². The van der Waals surface area contributed by atoms with E-state index in [-0.39, 0.29) is 12.1 Å². The van der Waals surface area contributed by atoms with Crippen LogP contribution in [-0.2, 0) is 9.47 Å². The van der Waals surface area contributed by atoms with Crippen LogP contribution in [0, 0.1) is 0 Å². The lowest BCUT2D eigenvalue weighted by atomic mass is 10.2. The smallest absolute Gasteiger partial charge is 0.134 e. The SMILES string of the molecule is CC(NCC1COCCO1)c1cc2cc(Br)ccc2o1. The van der Waals surface area contributed by atoms with Crippen molar-refractivity contribution in [2.24, 2.45) is 0 Å². The maximum absolute atomic E-state index is 5.87. The summed E-state index contributed by atoms with van der Waals surface area (Å²) in [5.41, 5.74) is 0.911. The lowest BCUT2D eigenvalue weighted by Crippen LogP contribution is -2.38. The van der Waals surface area contributed by atoms with Crippen molar-refractivity contribution in [2.75, 3.05) is 26.4 Å². The Hall–Kier alpha value is -0.880. The third kappa shape index (κ3) is 3.23. The quantitative estimate of drug-likeness (QED) is 0.928. The summed E-state index contributed by atoms with van der Waals surface area (Å²) < 4.78 is 17.9. The number of hydrogen-bond acceptors (Lipinski definition) is 4. The van der Waals surface area contributed by atoms with E-state index in [4.69, 9.17) is 13.9 Å². The molecule has 0 amide bonds. The van der Waals surface area contributed by atoms with Gasteiger partial charge in [-0.15, -0.1) is 0 Å². The van der Waals surface area contributed by atoms with E-state index in [1.54, 1.807) is 0 Å². The zero-order valence-corrected chi connectivity index (χ0v) is 13.0. The predicted octanol–water partition coefficient (Wildman–Crippen LogP) is 3.26. The number of ether oxygens (including phenoxy) is 2. The topological polar surface area (TPSA) is 43.6 Å². The zero-order chi connectivity index (χ0) is 13.9. The summed E-state index contributed by atoms with van der Waals surface area (Å²) in [6, 6.07) is 8.25. The van der Waals surface area contributed by atoms with E-state index >= 15 is 0 Å². The molecule has 0 radical (unpaired) electrons.